The van der Waals surface area contributed by atoms with Gasteiger partial charge in [0.05, 0.1) is 0 Å². The van der Waals surface area contributed by atoms with Crippen LogP contribution in [0.2, 0.25) is 0 Å². The molecule has 6 nitrogen and oxygen atoms in total. The van der Waals surface area contributed by atoms with Gasteiger partial charge in [-0.25, -0.2) is 9.59 Å². The smallest absolute Gasteiger partial charge is 0.326 e. The molecule has 2 saturated heterocycles. The van der Waals surface area contributed by atoms with Gasteiger partial charge in [-0.1, -0.05) is 6.92 Å². The van der Waals surface area contributed by atoms with Gasteiger partial charge in [0, 0.05) is 13.1 Å². The first-order valence-electron chi connectivity index (χ1n) is 7.59. The number of nitrogens with zero attached hydrogens (tertiary/aromatic N) is 2. The van der Waals surface area contributed by atoms with Gasteiger partial charge in [0.25, 0.3) is 0 Å². The van der Waals surface area contributed by atoms with Crippen LogP contribution in [0.3, 0.4) is 0 Å². The number of carbonyl (C=O) groups is 2. The zero-order valence-electron chi connectivity index (χ0n) is 12.2. The van der Waals surface area contributed by atoms with Crippen LogP contribution >= 0.6 is 0 Å². The van der Waals surface area contributed by atoms with Crippen LogP contribution in [0.1, 0.15) is 32.6 Å². The highest BCUT2D eigenvalue weighted by molar-refractivity contribution is 5.83. The molecule has 2 rings (SSSR count). The van der Waals surface area contributed by atoms with E-state index < -0.39 is 12.0 Å². The molecule has 0 aromatic carbocycles. The fraction of sp³-hybridized carbons (Fsp3) is 0.857. The van der Waals surface area contributed by atoms with E-state index in [0.29, 0.717) is 13.1 Å². The first-order valence-corrected chi connectivity index (χ1v) is 7.59. The highest BCUT2D eigenvalue weighted by Crippen LogP contribution is 2.23. The Bertz CT molecular complexity index is 356. The largest absolute Gasteiger partial charge is 0.480 e. The van der Waals surface area contributed by atoms with E-state index in [0.717, 1.165) is 19.4 Å². The van der Waals surface area contributed by atoms with Crippen molar-refractivity contribution in [3.8, 4) is 0 Å². The quantitative estimate of drug-likeness (QED) is 0.738. The maximum absolute atomic E-state index is 12.0. The highest BCUT2D eigenvalue weighted by Gasteiger charge is 2.39. The average molecular weight is 283 g/mol. The zero-order chi connectivity index (χ0) is 14.5. The SMILES string of the molecule is CC1CCN(C(=O)NCCCN2CCCC2)C1C(=O)O. The molecule has 2 fully saturated rings. The van der Waals surface area contributed by atoms with Crippen LogP contribution in [0, 0.1) is 5.92 Å². The fourth-order valence-electron chi connectivity index (χ4n) is 3.16. The van der Waals surface area contributed by atoms with Crippen LogP contribution in [0.4, 0.5) is 4.79 Å². The Morgan fingerprint density at radius 2 is 1.95 bits per heavy atom. The number of amides is 2. The van der Waals surface area contributed by atoms with Gasteiger partial charge in [-0.2, -0.15) is 0 Å². The Kier molecular flexibility index (Phi) is 5.23. The van der Waals surface area contributed by atoms with Crippen molar-refractivity contribution in [2.45, 2.75) is 38.6 Å². The van der Waals surface area contributed by atoms with E-state index in [9.17, 15) is 14.7 Å². The van der Waals surface area contributed by atoms with Crippen LogP contribution < -0.4 is 5.32 Å². The Morgan fingerprint density at radius 3 is 2.60 bits per heavy atom. The summed E-state index contributed by atoms with van der Waals surface area (Å²) in [5.41, 5.74) is 0. The molecule has 0 radical (unpaired) electrons. The number of rotatable bonds is 5. The fourth-order valence-corrected chi connectivity index (χ4v) is 3.16. The van der Waals surface area contributed by atoms with Crippen molar-refractivity contribution in [2.24, 2.45) is 5.92 Å². The van der Waals surface area contributed by atoms with Gasteiger partial charge in [0.15, 0.2) is 0 Å². The lowest BCUT2D eigenvalue weighted by atomic mass is 10.0. The monoisotopic (exact) mass is 283 g/mol. The molecule has 2 heterocycles. The third-order valence-electron chi connectivity index (χ3n) is 4.34. The number of carbonyl (C=O) groups excluding carboxylic acids is 1. The predicted molar refractivity (Wildman–Crippen MR) is 75.6 cm³/mol. The van der Waals surface area contributed by atoms with Crippen LogP contribution in [-0.2, 0) is 4.79 Å². The van der Waals surface area contributed by atoms with Crippen molar-refractivity contribution in [1.29, 1.82) is 0 Å². The minimum absolute atomic E-state index is 0.0304. The number of urea groups is 1. The summed E-state index contributed by atoms with van der Waals surface area (Å²) in [6.07, 6.45) is 4.24. The summed E-state index contributed by atoms with van der Waals surface area (Å²) >= 11 is 0. The van der Waals surface area contributed by atoms with Gasteiger partial charge in [0.2, 0.25) is 0 Å². The third-order valence-corrected chi connectivity index (χ3v) is 4.34. The van der Waals surface area contributed by atoms with Gasteiger partial charge in [-0.05, 0) is 51.2 Å². The molecule has 0 bridgehead atoms. The molecular formula is C14H25N3O3. The van der Waals surface area contributed by atoms with Crippen molar-refractivity contribution >= 4 is 12.0 Å². The lowest BCUT2D eigenvalue weighted by Gasteiger charge is -2.24. The van der Waals surface area contributed by atoms with Crippen LogP contribution in [0.25, 0.3) is 0 Å². The Morgan fingerprint density at radius 1 is 1.25 bits per heavy atom. The molecule has 0 aliphatic carbocycles. The number of nitrogens with one attached hydrogen (secondary N) is 1. The number of hydrogen-bond acceptors (Lipinski definition) is 3. The van der Waals surface area contributed by atoms with Crippen molar-refractivity contribution in [3.63, 3.8) is 0 Å². The molecule has 2 amide bonds. The first-order chi connectivity index (χ1) is 9.59. The van der Waals surface area contributed by atoms with Crippen molar-refractivity contribution in [1.82, 2.24) is 15.1 Å². The highest BCUT2D eigenvalue weighted by atomic mass is 16.4. The van der Waals surface area contributed by atoms with Crippen LogP contribution in [-0.4, -0.2) is 65.7 Å². The third kappa shape index (κ3) is 3.62. The van der Waals surface area contributed by atoms with Crippen molar-refractivity contribution < 1.29 is 14.7 Å². The number of aliphatic carboxylic acids is 1. The molecule has 20 heavy (non-hydrogen) atoms. The molecule has 6 heteroatoms. The molecule has 0 saturated carbocycles. The molecule has 2 aliphatic rings. The standard InChI is InChI=1S/C14H25N3O3/c1-11-5-10-17(12(11)13(18)19)14(20)15-6-4-9-16-7-2-3-8-16/h11-12H,2-10H2,1H3,(H,15,20)(H,18,19). The van der Waals surface area contributed by atoms with Gasteiger partial charge < -0.3 is 20.2 Å². The molecule has 114 valence electrons. The van der Waals surface area contributed by atoms with E-state index in [4.69, 9.17) is 0 Å². The maximum atomic E-state index is 12.0. The summed E-state index contributed by atoms with van der Waals surface area (Å²) in [4.78, 5) is 27.1. The summed E-state index contributed by atoms with van der Waals surface area (Å²) in [7, 11) is 0. The second-order valence-electron chi connectivity index (χ2n) is 5.88. The van der Waals surface area contributed by atoms with Crippen molar-refractivity contribution in [3.05, 3.63) is 0 Å². The molecule has 2 unspecified atom stereocenters. The average Bonchev–Trinajstić information content (AvgIpc) is 3.03. The van der Waals surface area contributed by atoms with Gasteiger partial charge in [-0.3, -0.25) is 0 Å². The Hall–Kier alpha value is -1.30. The predicted octanol–water partition coefficient (Wildman–Crippen LogP) is 0.977. The normalized spacial score (nSPS) is 26.9. The maximum Gasteiger partial charge on any atom is 0.326 e. The van der Waals surface area contributed by atoms with Crippen molar-refractivity contribution in [2.75, 3.05) is 32.7 Å². The number of carboxylic acids is 1. The zero-order valence-corrected chi connectivity index (χ0v) is 12.2. The molecule has 2 atom stereocenters. The Labute approximate surface area is 120 Å². The van der Waals surface area contributed by atoms with E-state index in [1.165, 1.54) is 30.8 Å². The molecule has 2 aliphatic heterocycles. The van der Waals surface area contributed by atoms with E-state index in [-0.39, 0.29) is 11.9 Å². The van der Waals surface area contributed by atoms with E-state index >= 15 is 0 Å². The number of hydrogen-bond donors (Lipinski definition) is 2. The summed E-state index contributed by atoms with van der Waals surface area (Å²) in [6, 6.07) is -0.906. The summed E-state index contributed by atoms with van der Waals surface area (Å²) in [5.74, 6) is -0.870. The topological polar surface area (TPSA) is 72.9 Å². The second kappa shape index (κ2) is 6.92. The lowest BCUT2D eigenvalue weighted by molar-refractivity contribution is -0.142. The van der Waals surface area contributed by atoms with Gasteiger partial charge >= 0.3 is 12.0 Å². The molecular weight excluding hydrogens is 258 g/mol. The molecule has 0 aromatic rings. The molecule has 0 aromatic heterocycles. The number of carboxylic acid groups (broad SMARTS) is 1. The Balaban J connectivity index is 1.69. The number of likely N-dealkylation sites (tertiary alicyclic amines) is 2. The summed E-state index contributed by atoms with van der Waals surface area (Å²) < 4.78 is 0. The molecule has 2 N–H and O–H groups in total. The van der Waals surface area contributed by atoms with Gasteiger partial charge in [-0.15, -0.1) is 0 Å². The van der Waals surface area contributed by atoms with Gasteiger partial charge in [0.1, 0.15) is 6.04 Å². The van der Waals surface area contributed by atoms with Crippen LogP contribution in [0.15, 0.2) is 0 Å². The lowest BCUT2D eigenvalue weighted by Crippen LogP contribution is -2.48. The first kappa shape index (κ1) is 15.1. The summed E-state index contributed by atoms with van der Waals surface area (Å²) in [5, 5.41) is 12.0. The van der Waals surface area contributed by atoms with E-state index in [1.54, 1.807) is 0 Å². The minimum Gasteiger partial charge on any atom is -0.480 e. The van der Waals surface area contributed by atoms with E-state index in [2.05, 4.69) is 10.2 Å². The van der Waals surface area contributed by atoms with Crippen LogP contribution in [0.5, 0.6) is 0 Å². The minimum atomic E-state index is -0.901. The molecule has 0 spiro atoms. The van der Waals surface area contributed by atoms with E-state index in [1.807, 2.05) is 6.92 Å². The summed E-state index contributed by atoms with van der Waals surface area (Å²) in [6.45, 7) is 6.39. The second-order valence-corrected chi connectivity index (χ2v) is 5.88.